The summed E-state index contributed by atoms with van der Waals surface area (Å²) in [7, 11) is 2.24. The van der Waals surface area contributed by atoms with Crippen LogP contribution in [-0.2, 0) is 13.1 Å². The summed E-state index contributed by atoms with van der Waals surface area (Å²) in [6.45, 7) is 12.0. The molecule has 1 N–H and O–H groups in total. The van der Waals surface area contributed by atoms with E-state index in [0.717, 1.165) is 18.8 Å². The van der Waals surface area contributed by atoms with Gasteiger partial charge in [0.2, 0.25) is 0 Å². The third-order valence-corrected chi connectivity index (χ3v) is 4.38. The molecule has 1 unspecified atom stereocenters. The smallest absolute Gasteiger partial charge is 0.122 e. The Morgan fingerprint density at radius 3 is 2.90 bits per heavy atom. The van der Waals surface area contributed by atoms with Crippen molar-refractivity contribution in [3.8, 4) is 0 Å². The monoisotopic (exact) mass is 293 g/mol. The third kappa shape index (κ3) is 4.83. The van der Waals surface area contributed by atoms with E-state index >= 15 is 0 Å². The van der Waals surface area contributed by atoms with Gasteiger partial charge >= 0.3 is 0 Å². The Balaban J connectivity index is 2.00. The van der Waals surface area contributed by atoms with Crippen molar-refractivity contribution < 1.29 is 4.42 Å². The van der Waals surface area contributed by atoms with Crippen LogP contribution in [0.2, 0.25) is 0 Å². The van der Waals surface area contributed by atoms with Gasteiger partial charge in [0.05, 0.1) is 12.8 Å². The molecule has 4 nitrogen and oxygen atoms in total. The molecule has 2 heterocycles. The van der Waals surface area contributed by atoms with Crippen LogP contribution in [0.5, 0.6) is 0 Å². The predicted molar refractivity (Wildman–Crippen MR) is 87.3 cm³/mol. The van der Waals surface area contributed by atoms with Gasteiger partial charge in [-0.15, -0.1) is 0 Å². The average molecular weight is 293 g/mol. The molecule has 21 heavy (non-hydrogen) atoms. The van der Waals surface area contributed by atoms with Crippen LogP contribution in [0.3, 0.4) is 0 Å². The Hall–Kier alpha value is -0.840. The number of nitrogens with zero attached hydrogens (tertiary/aromatic N) is 2. The summed E-state index contributed by atoms with van der Waals surface area (Å²) in [6, 6.07) is 3.27. The first-order valence-electron chi connectivity index (χ1n) is 8.31. The molecule has 0 bridgehead atoms. The van der Waals surface area contributed by atoms with Gasteiger partial charge in [-0.3, -0.25) is 4.90 Å². The first-order valence-corrected chi connectivity index (χ1v) is 8.31. The second kappa shape index (κ2) is 7.97. The molecule has 1 aromatic heterocycles. The Kier molecular flexibility index (Phi) is 6.27. The fourth-order valence-corrected chi connectivity index (χ4v) is 3.07. The van der Waals surface area contributed by atoms with Crippen molar-refractivity contribution in [3.63, 3.8) is 0 Å². The van der Waals surface area contributed by atoms with E-state index in [1.807, 2.05) is 6.26 Å². The van der Waals surface area contributed by atoms with Crippen LogP contribution in [-0.4, -0.2) is 48.6 Å². The fraction of sp³-hybridized carbons (Fsp3) is 0.765. The van der Waals surface area contributed by atoms with Gasteiger partial charge in [0, 0.05) is 37.3 Å². The second-order valence-electron chi connectivity index (χ2n) is 6.55. The Labute approximate surface area is 129 Å². The van der Waals surface area contributed by atoms with Gasteiger partial charge in [0.1, 0.15) is 5.76 Å². The Morgan fingerprint density at radius 1 is 1.38 bits per heavy atom. The molecule has 4 heteroatoms. The largest absolute Gasteiger partial charge is 0.468 e. The topological polar surface area (TPSA) is 31.6 Å². The number of hydrogen-bond acceptors (Lipinski definition) is 4. The highest BCUT2D eigenvalue weighted by Gasteiger charge is 2.23. The van der Waals surface area contributed by atoms with Crippen molar-refractivity contribution in [1.29, 1.82) is 0 Å². The molecule has 0 radical (unpaired) electrons. The zero-order valence-electron chi connectivity index (χ0n) is 14.1. The van der Waals surface area contributed by atoms with Gasteiger partial charge < -0.3 is 14.6 Å². The van der Waals surface area contributed by atoms with Crippen LogP contribution in [0, 0.1) is 0 Å². The quantitative estimate of drug-likeness (QED) is 0.874. The summed E-state index contributed by atoms with van der Waals surface area (Å²) < 4.78 is 5.68. The third-order valence-electron chi connectivity index (χ3n) is 4.38. The van der Waals surface area contributed by atoms with Gasteiger partial charge in [-0.25, -0.2) is 0 Å². The second-order valence-corrected chi connectivity index (χ2v) is 6.55. The van der Waals surface area contributed by atoms with Crippen molar-refractivity contribution >= 4 is 0 Å². The van der Waals surface area contributed by atoms with E-state index in [4.69, 9.17) is 4.42 Å². The highest BCUT2D eigenvalue weighted by atomic mass is 16.3. The normalized spacial score (nSPS) is 21.9. The van der Waals surface area contributed by atoms with Gasteiger partial charge in [-0.2, -0.15) is 0 Å². The van der Waals surface area contributed by atoms with Gasteiger partial charge in [-0.05, 0) is 32.5 Å². The minimum atomic E-state index is 0.484. The first kappa shape index (κ1) is 16.5. The van der Waals surface area contributed by atoms with Gasteiger partial charge in [0.15, 0.2) is 0 Å². The number of furan rings is 1. The SMILES string of the molecule is CCC1CN(C)CCCN1Cc1ccoc1CNC(C)C. The van der Waals surface area contributed by atoms with Crippen LogP contribution in [0.25, 0.3) is 0 Å². The molecule has 0 aromatic carbocycles. The standard InChI is InChI=1S/C17H31N3O/c1-5-16-13-19(4)8-6-9-20(16)12-15-7-10-21-17(15)11-18-14(2)3/h7,10,14,16,18H,5-6,8-9,11-13H2,1-4H3. The molecule has 1 aromatic rings. The lowest BCUT2D eigenvalue weighted by Crippen LogP contribution is -2.39. The van der Waals surface area contributed by atoms with Crippen molar-refractivity contribution in [2.24, 2.45) is 0 Å². The molecule has 0 spiro atoms. The van der Waals surface area contributed by atoms with E-state index in [1.165, 1.54) is 38.0 Å². The highest BCUT2D eigenvalue weighted by Crippen LogP contribution is 2.19. The molecule has 2 rings (SSSR count). The van der Waals surface area contributed by atoms with E-state index < -0.39 is 0 Å². The summed E-state index contributed by atoms with van der Waals surface area (Å²) in [5.41, 5.74) is 1.34. The maximum Gasteiger partial charge on any atom is 0.122 e. The van der Waals surface area contributed by atoms with Crippen molar-refractivity contribution in [3.05, 3.63) is 23.7 Å². The van der Waals surface area contributed by atoms with Crippen molar-refractivity contribution in [1.82, 2.24) is 15.1 Å². The van der Waals surface area contributed by atoms with Crippen LogP contribution >= 0.6 is 0 Å². The van der Waals surface area contributed by atoms with E-state index in [0.29, 0.717) is 12.1 Å². The average Bonchev–Trinajstić information content (AvgIpc) is 2.80. The first-order chi connectivity index (χ1) is 10.1. The number of hydrogen-bond donors (Lipinski definition) is 1. The van der Waals surface area contributed by atoms with Crippen molar-refractivity contribution in [2.75, 3.05) is 26.7 Å². The zero-order valence-corrected chi connectivity index (χ0v) is 14.1. The molecule has 1 aliphatic rings. The number of nitrogens with one attached hydrogen (secondary N) is 1. The molecular weight excluding hydrogens is 262 g/mol. The fourth-order valence-electron chi connectivity index (χ4n) is 3.07. The van der Waals surface area contributed by atoms with Crippen molar-refractivity contribution in [2.45, 2.75) is 58.8 Å². The van der Waals surface area contributed by atoms with Gasteiger partial charge in [-0.1, -0.05) is 20.8 Å². The Bertz CT molecular complexity index is 416. The highest BCUT2D eigenvalue weighted by molar-refractivity contribution is 5.17. The molecule has 1 fully saturated rings. The molecule has 0 aliphatic carbocycles. The van der Waals surface area contributed by atoms with E-state index in [2.05, 4.69) is 49.0 Å². The van der Waals surface area contributed by atoms with E-state index in [9.17, 15) is 0 Å². The number of likely N-dealkylation sites (N-methyl/N-ethyl adjacent to an activating group) is 1. The molecule has 0 amide bonds. The molecule has 1 saturated heterocycles. The summed E-state index contributed by atoms with van der Waals surface area (Å²) in [5.74, 6) is 1.09. The van der Waals surface area contributed by atoms with Crippen LogP contribution < -0.4 is 5.32 Å². The Morgan fingerprint density at radius 2 is 2.19 bits per heavy atom. The van der Waals surface area contributed by atoms with E-state index in [-0.39, 0.29) is 0 Å². The lowest BCUT2D eigenvalue weighted by molar-refractivity contribution is 0.175. The molecular formula is C17H31N3O. The zero-order chi connectivity index (χ0) is 15.2. The molecule has 0 saturated carbocycles. The minimum Gasteiger partial charge on any atom is -0.468 e. The lowest BCUT2D eigenvalue weighted by Gasteiger charge is -2.30. The number of rotatable bonds is 6. The molecule has 120 valence electrons. The molecule has 1 aliphatic heterocycles. The minimum absolute atomic E-state index is 0.484. The maximum atomic E-state index is 5.68. The maximum absolute atomic E-state index is 5.68. The summed E-state index contributed by atoms with van der Waals surface area (Å²) in [4.78, 5) is 5.10. The molecule has 1 atom stereocenters. The van der Waals surface area contributed by atoms with Gasteiger partial charge in [0.25, 0.3) is 0 Å². The van der Waals surface area contributed by atoms with E-state index in [1.54, 1.807) is 0 Å². The van der Waals surface area contributed by atoms with Crippen LogP contribution in [0.4, 0.5) is 0 Å². The summed E-state index contributed by atoms with van der Waals surface area (Å²) in [5, 5.41) is 3.45. The van der Waals surface area contributed by atoms with Crippen LogP contribution in [0.15, 0.2) is 16.7 Å². The summed E-state index contributed by atoms with van der Waals surface area (Å²) in [6.07, 6.45) is 4.30. The lowest BCUT2D eigenvalue weighted by atomic mass is 10.1. The predicted octanol–water partition coefficient (Wildman–Crippen LogP) is 2.69. The summed E-state index contributed by atoms with van der Waals surface area (Å²) >= 11 is 0. The van der Waals surface area contributed by atoms with Crippen LogP contribution in [0.1, 0.15) is 44.9 Å².